The van der Waals surface area contributed by atoms with Crippen molar-refractivity contribution < 1.29 is 78.0 Å². The zero-order chi connectivity index (χ0) is 56.9. The molecule has 13 N–H and O–H groups in total. The molecule has 11 unspecified atom stereocenters. The minimum atomic E-state index is -1.54. The van der Waals surface area contributed by atoms with E-state index in [-0.39, 0.29) is 51.1 Å². The van der Waals surface area contributed by atoms with Crippen LogP contribution < -0.4 is 43.0 Å². The number of rotatable bonds is 32. The molecule has 2 fully saturated rings. The van der Waals surface area contributed by atoms with Gasteiger partial charge in [0.15, 0.2) is 0 Å². The van der Waals surface area contributed by atoms with Crippen LogP contribution in [0.2, 0.25) is 0 Å². The van der Waals surface area contributed by atoms with E-state index in [4.69, 9.17) is 10.8 Å². The Kier molecular flexibility index (Phi) is 27.5. The highest BCUT2D eigenvalue weighted by molar-refractivity contribution is 7.98. The first-order valence-electron chi connectivity index (χ1n) is 25.4. The number of aliphatic carboxylic acids is 3. The van der Waals surface area contributed by atoms with Gasteiger partial charge in [-0.2, -0.15) is 11.8 Å². The number of carbonyl (C=O) groups excluding carboxylic acids is 9. The molecule has 424 valence electrons. The topological polar surface area (TPSA) is 402 Å². The molecule has 2 aliphatic rings. The summed E-state index contributed by atoms with van der Waals surface area (Å²) in [5.74, 6) is -12.0. The summed E-state index contributed by atoms with van der Waals surface area (Å²) >= 11 is 1.35. The molecular formula is C48H80N10O16S. The van der Waals surface area contributed by atoms with Crippen molar-refractivity contribution in [2.24, 2.45) is 23.5 Å². The summed E-state index contributed by atoms with van der Waals surface area (Å²) in [6.07, 6.45) is 1.96. The maximum atomic E-state index is 14.1. The number of aliphatic hydroxyl groups is 1. The largest absolute Gasteiger partial charge is 0.481 e. The van der Waals surface area contributed by atoms with Crippen molar-refractivity contribution in [2.75, 3.05) is 31.7 Å². The first kappa shape index (κ1) is 65.0. The van der Waals surface area contributed by atoms with Crippen LogP contribution in [0.3, 0.4) is 0 Å². The normalized spacial score (nSPS) is 19.0. The quantitative estimate of drug-likeness (QED) is 0.0347. The lowest BCUT2D eigenvalue weighted by molar-refractivity contribution is -0.152. The van der Waals surface area contributed by atoms with Crippen LogP contribution in [0.4, 0.5) is 0 Å². The maximum Gasteiger partial charge on any atom is 0.326 e. The van der Waals surface area contributed by atoms with Crippen LogP contribution in [0.25, 0.3) is 0 Å². The molecule has 9 amide bonds. The molecule has 27 heteroatoms. The van der Waals surface area contributed by atoms with Crippen LogP contribution in [-0.2, 0) is 57.5 Å². The van der Waals surface area contributed by atoms with E-state index in [9.17, 15) is 72.9 Å². The van der Waals surface area contributed by atoms with Gasteiger partial charge >= 0.3 is 17.9 Å². The number of hydrogen-bond acceptors (Lipinski definition) is 15. The number of hydrogen-bond donors (Lipinski definition) is 12. The lowest BCUT2D eigenvalue weighted by Crippen LogP contribution is -2.62. The molecule has 0 spiro atoms. The smallest absolute Gasteiger partial charge is 0.326 e. The molecule has 2 saturated heterocycles. The number of aliphatic hydroxyl groups excluding tert-OH is 1. The zero-order valence-electron chi connectivity index (χ0n) is 44.2. The van der Waals surface area contributed by atoms with Crippen molar-refractivity contribution in [3.63, 3.8) is 0 Å². The van der Waals surface area contributed by atoms with Crippen molar-refractivity contribution >= 4 is 82.8 Å². The average Bonchev–Trinajstić information content (AvgIpc) is 4.06. The van der Waals surface area contributed by atoms with Gasteiger partial charge in [-0.1, -0.05) is 48.0 Å². The molecule has 2 heterocycles. The predicted molar refractivity (Wildman–Crippen MR) is 272 cm³/mol. The summed E-state index contributed by atoms with van der Waals surface area (Å²) in [4.78, 5) is 160. The Morgan fingerprint density at radius 3 is 1.63 bits per heavy atom. The number of carboxylic acid groups (broad SMARTS) is 3. The second-order valence-electron chi connectivity index (χ2n) is 19.9. The number of nitrogens with two attached hydrogens (primary N) is 1. The monoisotopic (exact) mass is 1080 g/mol. The van der Waals surface area contributed by atoms with E-state index in [0.717, 1.165) is 0 Å². The second kappa shape index (κ2) is 31.7. The standard InChI is InChI=1S/C48H80N10O16S/c1-9-26(6)38(56-42(67)29(15-17-36(62)63)51-43(68)31(22-24(2)3)53-40(65)28(49)14-16-35(60)61)45(70)55-37(25(4)5)44(69)52-30(18-21-75-8)41(66)50-27(7)39(64)54-32(23-59)46(71)57-19-10-12-33(57)47(72)58-20-11-13-34(58)48(73)74/h24-34,37-38,59H,9-23,49H2,1-8H3,(H,50,66)(H,51,68)(H,52,69)(H,53,65)(H,54,64)(H,55,70)(H,56,67)(H,60,61)(H,62,63)(H,73,74). The first-order valence-corrected chi connectivity index (χ1v) is 26.8. The molecule has 2 rings (SSSR count). The number of carboxylic acids is 3. The lowest BCUT2D eigenvalue weighted by atomic mass is 9.95. The van der Waals surface area contributed by atoms with Gasteiger partial charge in [-0.3, -0.25) is 52.7 Å². The highest BCUT2D eigenvalue weighted by Crippen LogP contribution is 2.26. The van der Waals surface area contributed by atoms with Crippen LogP contribution in [0.1, 0.15) is 119 Å². The van der Waals surface area contributed by atoms with Gasteiger partial charge in [0.05, 0.1) is 12.6 Å². The Bertz CT molecular complexity index is 2050. The molecule has 75 heavy (non-hydrogen) atoms. The lowest BCUT2D eigenvalue weighted by Gasteiger charge is -2.32. The second-order valence-corrected chi connectivity index (χ2v) is 20.8. The van der Waals surface area contributed by atoms with E-state index in [1.54, 1.807) is 47.8 Å². The summed E-state index contributed by atoms with van der Waals surface area (Å²) in [6.45, 7) is 10.9. The molecule has 26 nitrogen and oxygen atoms in total. The van der Waals surface area contributed by atoms with Gasteiger partial charge in [0.25, 0.3) is 0 Å². The summed E-state index contributed by atoms with van der Waals surface area (Å²) in [6, 6.07) is -12.9. The minimum Gasteiger partial charge on any atom is -0.481 e. The molecule has 11 atom stereocenters. The Morgan fingerprint density at radius 2 is 1.08 bits per heavy atom. The molecule has 0 aliphatic carbocycles. The number of likely N-dealkylation sites (tertiary alicyclic amines) is 2. The number of thioether (sulfide) groups is 1. The van der Waals surface area contributed by atoms with Gasteiger partial charge in [0.1, 0.15) is 54.4 Å². The van der Waals surface area contributed by atoms with Crippen molar-refractivity contribution in [1.29, 1.82) is 0 Å². The average molecular weight is 1090 g/mol. The van der Waals surface area contributed by atoms with Crippen molar-refractivity contribution in [3.05, 3.63) is 0 Å². The highest BCUT2D eigenvalue weighted by atomic mass is 32.2. The molecular weight excluding hydrogens is 1000 g/mol. The molecule has 0 aromatic heterocycles. The van der Waals surface area contributed by atoms with Gasteiger partial charge in [0.2, 0.25) is 53.2 Å². The Hall–Kier alpha value is -6.09. The van der Waals surface area contributed by atoms with Gasteiger partial charge in [-0.15, -0.1) is 0 Å². The van der Waals surface area contributed by atoms with Gasteiger partial charge in [0, 0.05) is 25.9 Å². The van der Waals surface area contributed by atoms with E-state index in [1.807, 2.05) is 0 Å². The van der Waals surface area contributed by atoms with Gasteiger partial charge in [-0.25, -0.2) is 4.79 Å². The third kappa shape index (κ3) is 20.5. The summed E-state index contributed by atoms with van der Waals surface area (Å²) in [5, 5.41) is 56.1. The van der Waals surface area contributed by atoms with E-state index >= 15 is 0 Å². The van der Waals surface area contributed by atoms with E-state index < -0.39 is 169 Å². The van der Waals surface area contributed by atoms with E-state index in [0.29, 0.717) is 25.0 Å². The van der Waals surface area contributed by atoms with Gasteiger partial charge < -0.3 is 73.2 Å². The molecule has 0 aromatic carbocycles. The van der Waals surface area contributed by atoms with Crippen LogP contribution >= 0.6 is 11.8 Å². The number of nitrogens with zero attached hydrogens (tertiary/aromatic N) is 2. The molecule has 0 aromatic rings. The number of nitrogens with one attached hydrogen (secondary N) is 7. The fourth-order valence-corrected chi connectivity index (χ4v) is 9.00. The molecule has 0 bridgehead atoms. The maximum absolute atomic E-state index is 14.1. The highest BCUT2D eigenvalue weighted by Gasteiger charge is 2.44. The molecule has 2 aliphatic heterocycles. The third-order valence-corrected chi connectivity index (χ3v) is 13.7. The Balaban J connectivity index is 2.24. The fourth-order valence-electron chi connectivity index (χ4n) is 8.53. The van der Waals surface area contributed by atoms with Crippen molar-refractivity contribution in [1.82, 2.24) is 47.0 Å². The summed E-state index contributed by atoms with van der Waals surface area (Å²) in [5.41, 5.74) is 5.86. The van der Waals surface area contributed by atoms with Crippen LogP contribution in [-0.4, -0.2) is 193 Å². The molecule has 0 saturated carbocycles. The summed E-state index contributed by atoms with van der Waals surface area (Å²) in [7, 11) is 0. The minimum absolute atomic E-state index is 0.0544. The molecule has 0 radical (unpaired) electrons. The fraction of sp³-hybridized carbons (Fsp3) is 0.750. The Labute approximate surface area is 441 Å². The Morgan fingerprint density at radius 1 is 0.587 bits per heavy atom. The SMILES string of the molecule is CCC(C)C(NC(=O)C(CCC(=O)O)NC(=O)C(CC(C)C)NC(=O)C(N)CCC(=O)O)C(=O)NC(C(=O)NC(CCSC)C(=O)NC(C)C(=O)NC(CO)C(=O)N1CCCC1C(=O)N1CCCC1C(=O)O)C(C)C. The zero-order valence-corrected chi connectivity index (χ0v) is 45.0. The van der Waals surface area contributed by atoms with E-state index in [2.05, 4.69) is 37.2 Å². The van der Waals surface area contributed by atoms with Crippen LogP contribution in [0.15, 0.2) is 0 Å². The van der Waals surface area contributed by atoms with Gasteiger partial charge in [-0.05, 0) is 88.1 Å². The number of carbonyl (C=O) groups is 12. The van der Waals surface area contributed by atoms with Crippen LogP contribution in [0, 0.1) is 17.8 Å². The van der Waals surface area contributed by atoms with Crippen molar-refractivity contribution in [2.45, 2.75) is 180 Å². The number of amides is 9. The van der Waals surface area contributed by atoms with Crippen LogP contribution in [0.5, 0.6) is 0 Å². The predicted octanol–water partition coefficient (Wildman–Crippen LogP) is -1.98. The van der Waals surface area contributed by atoms with Crippen molar-refractivity contribution in [3.8, 4) is 0 Å². The van der Waals surface area contributed by atoms with E-state index in [1.165, 1.54) is 28.5 Å². The summed E-state index contributed by atoms with van der Waals surface area (Å²) < 4.78 is 0. The first-order chi connectivity index (χ1) is 35.2. The third-order valence-electron chi connectivity index (χ3n) is 13.1.